The summed E-state index contributed by atoms with van der Waals surface area (Å²) in [7, 11) is -1.12. The second-order valence-corrected chi connectivity index (χ2v) is 6.80. The van der Waals surface area contributed by atoms with Crippen molar-refractivity contribution in [1.29, 1.82) is 0 Å². The van der Waals surface area contributed by atoms with E-state index in [1.807, 2.05) is 0 Å². The average molecular weight is 235 g/mol. The van der Waals surface area contributed by atoms with Crippen LogP contribution in [0.1, 0.15) is 20.3 Å². The highest BCUT2D eigenvalue weighted by Gasteiger charge is 2.29. The van der Waals surface area contributed by atoms with Gasteiger partial charge in [-0.05, 0) is 12.3 Å². The van der Waals surface area contributed by atoms with Gasteiger partial charge in [0, 0.05) is 19.2 Å². The molecular weight excluding hydrogens is 214 g/mol. The summed E-state index contributed by atoms with van der Waals surface area (Å²) in [5.41, 5.74) is 0. The fourth-order valence-electron chi connectivity index (χ4n) is 1.84. The van der Waals surface area contributed by atoms with E-state index >= 15 is 0 Å². The SMILES string of the molecule is COCC(NC1CCS(=O)(=O)C1)C(C)C. The molecule has 0 amide bonds. The third kappa shape index (κ3) is 4.09. The molecule has 0 aliphatic carbocycles. The normalized spacial score (nSPS) is 27.1. The molecule has 1 heterocycles. The Morgan fingerprint density at radius 1 is 1.47 bits per heavy atom. The van der Waals surface area contributed by atoms with Gasteiger partial charge in [-0.25, -0.2) is 8.42 Å². The molecule has 1 N–H and O–H groups in total. The topological polar surface area (TPSA) is 55.4 Å². The largest absolute Gasteiger partial charge is 0.383 e. The van der Waals surface area contributed by atoms with Gasteiger partial charge in [0.05, 0.1) is 18.1 Å². The van der Waals surface area contributed by atoms with Crippen LogP contribution >= 0.6 is 0 Å². The van der Waals surface area contributed by atoms with Crippen molar-refractivity contribution in [1.82, 2.24) is 5.32 Å². The van der Waals surface area contributed by atoms with Gasteiger partial charge >= 0.3 is 0 Å². The molecule has 5 heteroatoms. The monoisotopic (exact) mass is 235 g/mol. The smallest absolute Gasteiger partial charge is 0.151 e. The van der Waals surface area contributed by atoms with Crippen molar-refractivity contribution in [3.63, 3.8) is 0 Å². The lowest BCUT2D eigenvalue weighted by molar-refractivity contribution is 0.142. The van der Waals surface area contributed by atoms with Gasteiger partial charge in [-0.3, -0.25) is 0 Å². The maximum absolute atomic E-state index is 11.3. The van der Waals surface area contributed by atoms with Gasteiger partial charge in [0.15, 0.2) is 9.84 Å². The predicted octanol–water partition coefficient (Wildman–Crippen LogP) is 0.434. The van der Waals surface area contributed by atoms with Crippen molar-refractivity contribution >= 4 is 9.84 Å². The summed E-state index contributed by atoms with van der Waals surface area (Å²) in [6.45, 7) is 4.86. The molecule has 0 bridgehead atoms. The first kappa shape index (κ1) is 12.9. The van der Waals surface area contributed by atoms with E-state index in [0.717, 1.165) is 6.42 Å². The van der Waals surface area contributed by atoms with Crippen molar-refractivity contribution in [3.8, 4) is 0 Å². The number of nitrogens with one attached hydrogen (secondary N) is 1. The average Bonchev–Trinajstić information content (AvgIpc) is 2.44. The lowest BCUT2D eigenvalue weighted by Crippen LogP contribution is -2.44. The molecule has 2 atom stereocenters. The lowest BCUT2D eigenvalue weighted by atomic mass is 10.0. The Hall–Kier alpha value is -0.130. The first-order valence-corrected chi connectivity index (χ1v) is 7.22. The van der Waals surface area contributed by atoms with E-state index < -0.39 is 9.84 Å². The van der Waals surface area contributed by atoms with Crippen LogP contribution in [0, 0.1) is 5.92 Å². The van der Waals surface area contributed by atoms with Crippen LogP contribution in [0.4, 0.5) is 0 Å². The van der Waals surface area contributed by atoms with E-state index in [1.54, 1.807) is 7.11 Å². The molecule has 1 rings (SSSR count). The third-order valence-electron chi connectivity index (χ3n) is 2.83. The third-order valence-corrected chi connectivity index (χ3v) is 4.60. The van der Waals surface area contributed by atoms with Crippen LogP contribution in [-0.2, 0) is 14.6 Å². The van der Waals surface area contributed by atoms with E-state index in [1.165, 1.54) is 0 Å². The minimum atomic E-state index is -2.79. The number of methoxy groups -OCH3 is 1. The highest BCUT2D eigenvalue weighted by molar-refractivity contribution is 7.91. The Morgan fingerprint density at radius 2 is 2.13 bits per heavy atom. The van der Waals surface area contributed by atoms with Crippen LogP contribution in [0.2, 0.25) is 0 Å². The zero-order valence-corrected chi connectivity index (χ0v) is 10.5. The van der Waals surface area contributed by atoms with Crippen LogP contribution in [0.5, 0.6) is 0 Å². The number of hydrogen-bond donors (Lipinski definition) is 1. The summed E-state index contributed by atoms with van der Waals surface area (Å²) in [4.78, 5) is 0. The first-order valence-electron chi connectivity index (χ1n) is 5.40. The van der Waals surface area contributed by atoms with E-state index in [4.69, 9.17) is 4.74 Å². The van der Waals surface area contributed by atoms with E-state index in [0.29, 0.717) is 18.3 Å². The van der Waals surface area contributed by atoms with Gasteiger partial charge < -0.3 is 10.1 Å². The van der Waals surface area contributed by atoms with Crippen molar-refractivity contribution < 1.29 is 13.2 Å². The van der Waals surface area contributed by atoms with Crippen LogP contribution in [0.3, 0.4) is 0 Å². The Balaban J connectivity index is 2.46. The molecule has 1 aliphatic heterocycles. The van der Waals surface area contributed by atoms with Crippen LogP contribution < -0.4 is 5.32 Å². The molecule has 1 saturated heterocycles. The first-order chi connectivity index (χ1) is 6.94. The zero-order valence-electron chi connectivity index (χ0n) is 9.69. The molecule has 0 radical (unpaired) electrons. The molecule has 4 nitrogen and oxygen atoms in total. The van der Waals surface area contributed by atoms with Crippen molar-refractivity contribution in [3.05, 3.63) is 0 Å². The lowest BCUT2D eigenvalue weighted by Gasteiger charge is -2.24. The van der Waals surface area contributed by atoms with Crippen LogP contribution in [0.25, 0.3) is 0 Å². The maximum Gasteiger partial charge on any atom is 0.151 e. The molecule has 0 aromatic heterocycles. The Kier molecular flexibility index (Phi) is 4.55. The zero-order chi connectivity index (χ0) is 11.5. The number of sulfone groups is 1. The highest BCUT2D eigenvalue weighted by atomic mass is 32.2. The van der Waals surface area contributed by atoms with E-state index in [9.17, 15) is 8.42 Å². The summed E-state index contributed by atoms with van der Waals surface area (Å²) < 4.78 is 27.7. The van der Waals surface area contributed by atoms with E-state index in [2.05, 4.69) is 19.2 Å². The molecule has 1 aliphatic rings. The Labute approximate surface area is 92.3 Å². The summed E-state index contributed by atoms with van der Waals surface area (Å²) >= 11 is 0. The fraction of sp³-hybridized carbons (Fsp3) is 1.00. The molecule has 0 saturated carbocycles. The highest BCUT2D eigenvalue weighted by Crippen LogP contribution is 2.14. The molecule has 0 spiro atoms. The van der Waals surface area contributed by atoms with Gasteiger partial charge in [0.25, 0.3) is 0 Å². The van der Waals surface area contributed by atoms with Gasteiger partial charge in [-0.1, -0.05) is 13.8 Å². The predicted molar refractivity (Wildman–Crippen MR) is 60.7 cm³/mol. The van der Waals surface area contributed by atoms with Crippen LogP contribution in [-0.4, -0.2) is 45.7 Å². The summed E-state index contributed by atoms with van der Waals surface area (Å²) in [6, 6.07) is 0.353. The fourth-order valence-corrected chi connectivity index (χ4v) is 3.53. The summed E-state index contributed by atoms with van der Waals surface area (Å²) in [6.07, 6.45) is 0.731. The van der Waals surface area contributed by atoms with Crippen molar-refractivity contribution in [2.24, 2.45) is 5.92 Å². The molecule has 0 aromatic carbocycles. The Morgan fingerprint density at radius 3 is 2.53 bits per heavy atom. The number of rotatable bonds is 5. The molecule has 2 unspecified atom stereocenters. The molecule has 1 fully saturated rings. The summed E-state index contributed by atoms with van der Waals surface area (Å²) in [5.74, 6) is 1.05. The number of hydrogen-bond acceptors (Lipinski definition) is 4. The molecular formula is C10H21NO3S. The minimum Gasteiger partial charge on any atom is -0.383 e. The summed E-state index contributed by atoms with van der Waals surface area (Å²) in [5, 5.41) is 3.37. The van der Waals surface area contributed by atoms with Crippen molar-refractivity contribution in [2.45, 2.75) is 32.4 Å². The van der Waals surface area contributed by atoms with Crippen LogP contribution in [0.15, 0.2) is 0 Å². The maximum atomic E-state index is 11.3. The molecule has 15 heavy (non-hydrogen) atoms. The molecule has 0 aromatic rings. The second kappa shape index (κ2) is 5.27. The van der Waals surface area contributed by atoms with Gasteiger partial charge in [0.1, 0.15) is 0 Å². The van der Waals surface area contributed by atoms with Gasteiger partial charge in [0.2, 0.25) is 0 Å². The molecule has 90 valence electrons. The quantitative estimate of drug-likeness (QED) is 0.751. The minimum absolute atomic E-state index is 0.109. The van der Waals surface area contributed by atoms with E-state index in [-0.39, 0.29) is 17.8 Å². The standard InChI is InChI=1S/C10H21NO3S/c1-8(2)10(6-14-3)11-9-4-5-15(12,13)7-9/h8-11H,4-7H2,1-3H3. The van der Waals surface area contributed by atoms with Crippen molar-refractivity contribution in [2.75, 3.05) is 25.2 Å². The number of ether oxygens (including phenoxy) is 1. The second-order valence-electron chi connectivity index (χ2n) is 4.57. The van der Waals surface area contributed by atoms with Gasteiger partial charge in [-0.2, -0.15) is 0 Å². The van der Waals surface area contributed by atoms with Gasteiger partial charge in [-0.15, -0.1) is 0 Å². The Bertz CT molecular complexity index is 287.